The zero-order chi connectivity index (χ0) is 92.4. The summed E-state index contributed by atoms with van der Waals surface area (Å²) in [5.41, 5.74) is -2.92. The number of esters is 10. The van der Waals surface area contributed by atoms with E-state index < -0.39 is 174 Å². The van der Waals surface area contributed by atoms with E-state index in [0.29, 0.717) is 5.06 Å². The van der Waals surface area contributed by atoms with E-state index in [9.17, 15) is 105 Å². The second kappa shape index (κ2) is 70.8. The van der Waals surface area contributed by atoms with E-state index in [4.69, 9.17) is 96.7 Å². The van der Waals surface area contributed by atoms with Crippen molar-refractivity contribution >= 4 is 160 Å². The number of hydroxylamine groups is 2. The number of aliphatic hydroxyl groups is 2. The molecule has 2 amide bonds. The van der Waals surface area contributed by atoms with E-state index in [1.807, 2.05) is 0 Å². The van der Waals surface area contributed by atoms with Gasteiger partial charge in [-0.15, -0.1) is 28.3 Å². The minimum Gasteiger partial charge on any atom is -1.00 e. The first-order valence-electron chi connectivity index (χ1n) is 34.7. The van der Waals surface area contributed by atoms with E-state index in [2.05, 4.69) is 19.2 Å². The van der Waals surface area contributed by atoms with Crippen molar-refractivity contribution in [3.8, 4) is 0 Å². The monoisotopic (exact) mass is 1790 g/mol. The van der Waals surface area contributed by atoms with Crippen molar-refractivity contribution < 1.29 is 302 Å². The minimum absolute atomic E-state index is 0. The molecule has 46 heteroatoms. The van der Waals surface area contributed by atoms with Crippen molar-refractivity contribution in [1.29, 1.82) is 0 Å². The molecule has 3 fully saturated rings. The molecule has 3 aliphatic rings. The minimum atomic E-state index is -1.54. The Morgan fingerprint density at radius 3 is 0.932 bits per heavy atom. The van der Waals surface area contributed by atoms with Gasteiger partial charge in [-0.2, -0.15) is 0 Å². The van der Waals surface area contributed by atoms with Crippen LogP contribution in [0.1, 0.15) is 243 Å². The summed E-state index contributed by atoms with van der Waals surface area (Å²) < 4.78 is 47.9. The normalized spacial score (nSPS) is 13.6. The number of aliphatic hydroxyl groups excluding tert-OH is 2. The molecule has 3 heterocycles. The van der Waals surface area contributed by atoms with Gasteiger partial charge in [0, 0.05) is 52.7 Å². The van der Waals surface area contributed by atoms with E-state index >= 15 is 0 Å². The van der Waals surface area contributed by atoms with Crippen LogP contribution in [0.25, 0.3) is 0 Å². The Hall–Kier alpha value is -6.90. The Morgan fingerprint density at radius 1 is 0.432 bits per heavy atom. The molecule has 666 valence electrons. The number of ketones is 6. The second-order valence-corrected chi connectivity index (χ2v) is 28.6. The Labute approximate surface area is 778 Å². The molecule has 0 radical (unpaired) electrons. The summed E-state index contributed by atoms with van der Waals surface area (Å²) in [6, 6.07) is 0. The maximum atomic E-state index is 12.0. The summed E-state index contributed by atoms with van der Waals surface area (Å²) in [6.07, 6.45) is -8.45. The van der Waals surface area contributed by atoms with Gasteiger partial charge in [-0.25, -0.2) is 33.6 Å². The van der Waals surface area contributed by atoms with Crippen LogP contribution in [-0.2, 0) is 167 Å². The molecule has 3 saturated heterocycles. The van der Waals surface area contributed by atoms with E-state index in [-0.39, 0.29) is 221 Å². The number of imide groups is 1. The van der Waals surface area contributed by atoms with Crippen LogP contribution in [-0.4, -0.2) is 245 Å². The van der Waals surface area contributed by atoms with Gasteiger partial charge in [-0.05, 0) is 137 Å². The number of carbonyl (C=O) groups is 23. The molecule has 3 rings (SSSR count). The predicted octanol–water partition coefficient (Wildman–Crippen LogP) is -2.39. The molecule has 118 heavy (non-hydrogen) atoms. The molecule has 0 bridgehead atoms. The fourth-order valence-corrected chi connectivity index (χ4v) is 6.93. The number of amides is 2. The van der Waals surface area contributed by atoms with Crippen molar-refractivity contribution in [2.24, 2.45) is 0 Å². The van der Waals surface area contributed by atoms with Crippen LogP contribution in [0.15, 0.2) is 0 Å². The first-order chi connectivity index (χ1) is 52.8. The molecule has 42 nitrogen and oxygen atoms in total. The van der Waals surface area contributed by atoms with Gasteiger partial charge in [-0.3, -0.25) is 76.7 Å². The maximum absolute atomic E-state index is 12.0. The SMILES string of the molecule is C1CCOC1.CC(=O)C[C@H](O)C(=O)O.CC(=O)C[C@H](O)C(=O)OC(C)(C)C.CC(=O)C[C@H](OC(=O)CCC(=O)O)C(=O)OC(C)(C)C.CC(=O)C[C@H](OC(=O)CCC(=O)ON1C(=O)CCC1=O)C(=O)OC(C)(C)C.CC(=O)C[C@H](OC(C)=O)C(=O)O.CC(=O)C[C@H](OC(C)=O)C(=O)OC(C)(C)C.ClCCl.O=C1CCC(=O)O1.O=CO[O-].[H-].[K+].[K+]. The molecular formula is C72H111Cl2K2NO41. The number of cyclic esters (lactones) is 2. The quantitative estimate of drug-likeness (QED) is 0.00577. The van der Waals surface area contributed by atoms with Crippen molar-refractivity contribution in [2.45, 2.75) is 300 Å². The summed E-state index contributed by atoms with van der Waals surface area (Å²) in [5.74, 6) is -15.0. The third-order valence-electron chi connectivity index (χ3n) is 11.2. The molecule has 0 aliphatic carbocycles. The average Bonchev–Trinajstić information content (AvgIpc) is 1.85. The van der Waals surface area contributed by atoms with Crippen molar-refractivity contribution in [3.05, 3.63) is 0 Å². The number of hydrogen-bond acceptors (Lipinski definition) is 38. The van der Waals surface area contributed by atoms with Gasteiger partial charge in [0.05, 0.1) is 69.5 Å². The van der Waals surface area contributed by atoms with Crippen LogP contribution >= 0.6 is 23.2 Å². The Kier molecular flexibility index (Phi) is 77.5. The van der Waals surface area contributed by atoms with Gasteiger partial charge >= 0.3 is 186 Å². The largest absolute Gasteiger partial charge is 1.00 e. The second-order valence-electron chi connectivity index (χ2n) is 27.8. The predicted molar refractivity (Wildman–Crippen MR) is 392 cm³/mol. The Balaban J connectivity index is -0.000000146. The van der Waals surface area contributed by atoms with Gasteiger partial charge in [-0.1, -0.05) is 0 Å². The third kappa shape index (κ3) is 89.9. The summed E-state index contributed by atoms with van der Waals surface area (Å²) in [6.45, 7) is 31.6. The number of carbonyl (C=O) groups excluding carboxylic acids is 20. The topological polar surface area (TPSA) is 631 Å². The van der Waals surface area contributed by atoms with Gasteiger partial charge < -0.3 is 89.3 Å². The molecular weight excluding hydrogens is 1680 g/mol. The van der Waals surface area contributed by atoms with Crippen LogP contribution in [0.5, 0.6) is 0 Å². The van der Waals surface area contributed by atoms with E-state index in [1.54, 1.807) is 83.1 Å². The first kappa shape index (κ1) is 129. The molecule has 0 aromatic heterocycles. The number of rotatable bonds is 30. The zero-order valence-corrected chi connectivity index (χ0v) is 78.4. The number of carboxylic acids is 3. The fourth-order valence-electron chi connectivity index (χ4n) is 6.93. The van der Waals surface area contributed by atoms with Crippen LogP contribution in [0.3, 0.4) is 0 Å². The summed E-state index contributed by atoms with van der Waals surface area (Å²) in [7, 11) is 0. The number of alkyl halides is 2. The molecule has 0 saturated carbocycles. The Morgan fingerprint density at radius 2 is 0.703 bits per heavy atom. The van der Waals surface area contributed by atoms with Gasteiger partial charge in [0.2, 0.25) is 24.4 Å². The van der Waals surface area contributed by atoms with Crippen LogP contribution in [0.2, 0.25) is 0 Å². The first-order valence-corrected chi connectivity index (χ1v) is 35.8. The summed E-state index contributed by atoms with van der Waals surface area (Å²) in [5, 5.41) is 51.5. The van der Waals surface area contributed by atoms with E-state index in [1.165, 1.54) is 61.3 Å². The summed E-state index contributed by atoms with van der Waals surface area (Å²) >= 11 is 9.53. The van der Waals surface area contributed by atoms with Crippen LogP contribution in [0, 0.1) is 0 Å². The van der Waals surface area contributed by atoms with Crippen molar-refractivity contribution in [2.75, 3.05) is 18.6 Å². The smallest absolute Gasteiger partial charge is 1.00 e. The molecule has 0 unspecified atom stereocenters. The molecule has 0 aromatic rings. The van der Waals surface area contributed by atoms with Crippen LogP contribution in [0.4, 0.5) is 0 Å². The molecule has 5 N–H and O–H groups in total. The number of aliphatic carboxylic acids is 3. The van der Waals surface area contributed by atoms with Crippen LogP contribution < -0.4 is 108 Å². The molecule has 3 aliphatic heterocycles. The third-order valence-corrected chi connectivity index (χ3v) is 11.2. The standard InChI is InChI=1S/C17H23NO9.C13H20O7.C11H18O5.C9H16O4.C7H10O5.C5H8O4.C4H4O3.C4H8O.CH2Cl2.CH2O3.2K.H/c1-10(19)9-11(16(24)26-17(2,3)4)25-14(22)7-8-15(23)27-18-12(20)5-6-13(18)21;1-8(14)7-9(12(18)20-13(2,3)4)19-11(17)6-5-10(15)16;1-7(12)6-9(15-8(2)13)10(14)16-11(3,4)5;1-6(10)5-7(11)8(12)13-9(2,3)4;1-4(8)3-6(7(10)11)12-5(2)9;1-3(6)2-4(7)5(8)9;5-3-1-2-4(6)7-3;1-2-4-5-3-1;2-1-3;2-1-4-3;;;/h11H,5-9H2,1-4H3;9H,5-7H2,1-4H3,(H,15,16);9H,6H2,1-5H3;7,11H,5H2,1-4H3;6H,3H2,1-2H3,(H,10,11);4,7H,2H2,1H3,(H,8,9);1-2H2;1-4H2;1H2;1,3H;;;/q;;;;;;;;;;2*+1;-1/p-1/t11-;2*9-;7-;6-;4-;;;;;;;/m000000......./s1. The number of halogens is 2. The average molecular weight is 1800 g/mol. The molecule has 0 aromatic carbocycles. The number of hydrogen-bond donors (Lipinski definition) is 5. The molecule has 0 spiro atoms. The number of nitrogens with zero attached hydrogens (tertiary/aromatic N) is 1. The maximum Gasteiger partial charge on any atom is 1.00 e. The number of Topliss-reactive ketones (excluding diaryl/α,β-unsaturated/α-hetero) is 6. The zero-order valence-electron chi connectivity index (χ0n) is 71.6. The van der Waals surface area contributed by atoms with E-state index in [0.717, 1.165) is 20.1 Å². The number of carboxylic acid groups (broad SMARTS) is 3. The van der Waals surface area contributed by atoms with Crippen molar-refractivity contribution in [1.82, 2.24) is 5.06 Å². The molecule has 6 atom stereocenters. The number of ether oxygens (including phenoxy) is 10. The van der Waals surface area contributed by atoms with Gasteiger partial charge in [0.1, 0.15) is 57.1 Å². The Bertz CT molecular complexity index is 3210. The fraction of sp³-hybridized carbons (Fsp3) is 0.681. The van der Waals surface area contributed by atoms with Crippen molar-refractivity contribution in [3.63, 3.8) is 0 Å². The van der Waals surface area contributed by atoms with Gasteiger partial charge in [0.25, 0.3) is 18.3 Å². The summed E-state index contributed by atoms with van der Waals surface area (Å²) in [4.78, 5) is 256. The van der Waals surface area contributed by atoms with Gasteiger partial charge in [0.15, 0.2) is 12.2 Å².